The van der Waals surface area contributed by atoms with Gasteiger partial charge in [-0.3, -0.25) is 4.57 Å². The van der Waals surface area contributed by atoms with Gasteiger partial charge in [0, 0.05) is 9.35 Å². The van der Waals surface area contributed by atoms with Crippen molar-refractivity contribution in [2.24, 2.45) is 0 Å². The number of benzene rings is 1. The summed E-state index contributed by atoms with van der Waals surface area (Å²) in [4.78, 5) is 15.9. The number of imidazole rings is 1. The summed E-state index contributed by atoms with van der Waals surface area (Å²) >= 11 is 5.14. The molecule has 0 aliphatic carbocycles. The van der Waals surface area contributed by atoms with Gasteiger partial charge >= 0.3 is 5.69 Å². The molecule has 0 spiro atoms. The lowest BCUT2D eigenvalue weighted by Crippen LogP contribution is -2.16. The first-order valence-electron chi connectivity index (χ1n) is 5.15. The van der Waals surface area contributed by atoms with E-state index in [0.29, 0.717) is 6.54 Å². The van der Waals surface area contributed by atoms with E-state index in [2.05, 4.69) is 20.9 Å². The minimum Gasteiger partial charge on any atom is -0.305 e. The lowest BCUT2D eigenvalue weighted by molar-refractivity contribution is 0.797. The number of nitrogens with zero attached hydrogens (tertiary/aromatic N) is 1. The fourth-order valence-corrected chi connectivity index (χ4v) is 3.16. The predicted octanol–water partition coefficient (Wildman–Crippen LogP) is 3.20. The van der Waals surface area contributed by atoms with Crippen molar-refractivity contribution in [3.05, 3.63) is 55.5 Å². The number of aromatic nitrogens is 2. The van der Waals surface area contributed by atoms with Crippen LogP contribution in [-0.4, -0.2) is 9.55 Å². The third-order valence-electron chi connectivity index (χ3n) is 2.64. The van der Waals surface area contributed by atoms with Crippen LogP contribution < -0.4 is 5.69 Å². The van der Waals surface area contributed by atoms with Gasteiger partial charge in [0.25, 0.3) is 0 Å². The molecule has 0 aliphatic rings. The quantitative estimate of drug-likeness (QED) is 0.775. The standard InChI is InChI=1S/C12H9BrN2OS/c13-9-4-1-5-10-11(9)15(12(16)14-10)7-8-3-2-6-17-8/h1-6H,7H2,(H,14,16). The summed E-state index contributed by atoms with van der Waals surface area (Å²) in [5, 5.41) is 2.02. The molecule has 0 atom stereocenters. The molecule has 2 heterocycles. The first-order valence-corrected chi connectivity index (χ1v) is 6.82. The molecule has 5 heteroatoms. The van der Waals surface area contributed by atoms with Gasteiger partial charge in [0.1, 0.15) is 0 Å². The molecule has 0 amide bonds. The van der Waals surface area contributed by atoms with Crippen LogP contribution in [0.15, 0.2) is 45.0 Å². The summed E-state index contributed by atoms with van der Waals surface area (Å²) in [5.41, 5.74) is 1.71. The maximum Gasteiger partial charge on any atom is 0.326 e. The molecule has 17 heavy (non-hydrogen) atoms. The summed E-state index contributed by atoms with van der Waals surface area (Å²) in [6.45, 7) is 0.610. The summed E-state index contributed by atoms with van der Waals surface area (Å²) in [6.07, 6.45) is 0. The molecule has 2 aromatic heterocycles. The second-order valence-electron chi connectivity index (χ2n) is 3.73. The molecule has 1 aromatic carbocycles. The Balaban J connectivity index is 2.21. The second kappa shape index (κ2) is 4.16. The van der Waals surface area contributed by atoms with Crippen molar-refractivity contribution >= 4 is 38.3 Å². The Morgan fingerprint density at radius 3 is 2.94 bits per heavy atom. The van der Waals surface area contributed by atoms with Crippen LogP contribution in [0.5, 0.6) is 0 Å². The number of H-pyrrole nitrogens is 1. The number of hydrogen-bond acceptors (Lipinski definition) is 2. The van der Waals surface area contributed by atoms with Gasteiger partial charge in [-0.15, -0.1) is 11.3 Å². The third kappa shape index (κ3) is 1.85. The van der Waals surface area contributed by atoms with Gasteiger partial charge in [-0.1, -0.05) is 12.1 Å². The largest absolute Gasteiger partial charge is 0.326 e. The van der Waals surface area contributed by atoms with Crippen molar-refractivity contribution in [2.75, 3.05) is 0 Å². The average molecular weight is 309 g/mol. The van der Waals surface area contributed by atoms with Crippen LogP contribution in [0, 0.1) is 0 Å². The van der Waals surface area contributed by atoms with Crippen molar-refractivity contribution in [1.82, 2.24) is 9.55 Å². The zero-order valence-corrected chi connectivity index (χ0v) is 11.2. The van der Waals surface area contributed by atoms with Crippen LogP contribution >= 0.6 is 27.3 Å². The monoisotopic (exact) mass is 308 g/mol. The van der Waals surface area contributed by atoms with Gasteiger partial charge < -0.3 is 4.98 Å². The van der Waals surface area contributed by atoms with Crippen LogP contribution in [0.1, 0.15) is 4.88 Å². The van der Waals surface area contributed by atoms with Crippen LogP contribution in [-0.2, 0) is 6.54 Å². The SMILES string of the molecule is O=c1[nH]c2cccc(Br)c2n1Cc1cccs1. The first-order chi connectivity index (χ1) is 8.25. The number of rotatable bonds is 2. The molecule has 1 N–H and O–H groups in total. The van der Waals surface area contributed by atoms with Gasteiger partial charge in [-0.2, -0.15) is 0 Å². The highest BCUT2D eigenvalue weighted by molar-refractivity contribution is 9.10. The zero-order chi connectivity index (χ0) is 11.8. The fraction of sp³-hybridized carbons (Fsp3) is 0.0833. The van der Waals surface area contributed by atoms with Crippen molar-refractivity contribution in [3.8, 4) is 0 Å². The molecule has 0 bridgehead atoms. The number of nitrogens with one attached hydrogen (secondary N) is 1. The molecule has 0 saturated heterocycles. The van der Waals surface area contributed by atoms with Gasteiger partial charge in [0.05, 0.1) is 17.6 Å². The minimum absolute atomic E-state index is 0.0692. The van der Waals surface area contributed by atoms with E-state index in [0.717, 1.165) is 15.5 Å². The molecule has 0 fully saturated rings. The van der Waals surface area contributed by atoms with Crippen LogP contribution in [0.4, 0.5) is 0 Å². The molecule has 3 nitrogen and oxygen atoms in total. The highest BCUT2D eigenvalue weighted by Crippen LogP contribution is 2.22. The number of hydrogen-bond donors (Lipinski definition) is 1. The summed E-state index contributed by atoms with van der Waals surface area (Å²) in [5.74, 6) is 0. The van der Waals surface area contributed by atoms with Crippen molar-refractivity contribution in [1.29, 1.82) is 0 Å². The number of para-hydroxylation sites is 1. The van der Waals surface area contributed by atoms with Crippen LogP contribution in [0.2, 0.25) is 0 Å². The Morgan fingerprint density at radius 2 is 2.18 bits per heavy atom. The lowest BCUT2D eigenvalue weighted by Gasteiger charge is -2.02. The van der Waals surface area contributed by atoms with Gasteiger partial charge in [-0.25, -0.2) is 4.79 Å². The van der Waals surface area contributed by atoms with E-state index in [1.165, 1.54) is 4.88 Å². The molecule has 3 aromatic rings. The molecule has 86 valence electrons. The topological polar surface area (TPSA) is 37.8 Å². The Bertz CT molecular complexity index is 712. The van der Waals surface area contributed by atoms with Gasteiger partial charge in [0.15, 0.2) is 0 Å². The summed E-state index contributed by atoms with van der Waals surface area (Å²) in [7, 11) is 0. The van der Waals surface area contributed by atoms with E-state index < -0.39 is 0 Å². The smallest absolute Gasteiger partial charge is 0.305 e. The van der Waals surface area contributed by atoms with Gasteiger partial charge in [0.2, 0.25) is 0 Å². The number of halogens is 1. The Morgan fingerprint density at radius 1 is 1.29 bits per heavy atom. The highest BCUT2D eigenvalue weighted by Gasteiger charge is 2.10. The van der Waals surface area contributed by atoms with Crippen LogP contribution in [0.25, 0.3) is 11.0 Å². The number of fused-ring (bicyclic) bond motifs is 1. The van der Waals surface area contributed by atoms with Crippen molar-refractivity contribution in [3.63, 3.8) is 0 Å². The van der Waals surface area contributed by atoms with E-state index in [4.69, 9.17) is 0 Å². The minimum atomic E-state index is -0.0692. The van der Waals surface area contributed by atoms with E-state index in [-0.39, 0.29) is 5.69 Å². The van der Waals surface area contributed by atoms with Gasteiger partial charge in [-0.05, 0) is 39.5 Å². The zero-order valence-electron chi connectivity index (χ0n) is 8.81. The first kappa shape index (κ1) is 10.8. The number of aromatic amines is 1. The van der Waals surface area contributed by atoms with E-state index in [9.17, 15) is 4.79 Å². The van der Waals surface area contributed by atoms with Crippen molar-refractivity contribution < 1.29 is 0 Å². The Kier molecular flexibility index (Phi) is 2.64. The maximum atomic E-state index is 11.9. The Hall–Kier alpha value is -1.33. The summed E-state index contributed by atoms with van der Waals surface area (Å²) in [6, 6.07) is 9.80. The Labute approximate surface area is 110 Å². The fourth-order valence-electron chi connectivity index (χ4n) is 1.88. The lowest BCUT2D eigenvalue weighted by atomic mass is 10.3. The molecule has 3 rings (SSSR count). The molecule has 0 saturated carbocycles. The molecular weight excluding hydrogens is 300 g/mol. The van der Waals surface area contributed by atoms with E-state index in [1.54, 1.807) is 15.9 Å². The normalized spacial score (nSPS) is 11.1. The van der Waals surface area contributed by atoms with E-state index in [1.807, 2.05) is 35.7 Å². The highest BCUT2D eigenvalue weighted by atomic mass is 79.9. The third-order valence-corrected chi connectivity index (χ3v) is 4.14. The average Bonchev–Trinajstić information content (AvgIpc) is 2.89. The second-order valence-corrected chi connectivity index (χ2v) is 5.62. The maximum absolute atomic E-state index is 11.9. The number of thiophene rings is 1. The summed E-state index contributed by atoms with van der Waals surface area (Å²) < 4.78 is 2.69. The molecular formula is C12H9BrN2OS. The molecule has 0 unspecified atom stereocenters. The molecule has 0 aliphatic heterocycles. The van der Waals surface area contributed by atoms with E-state index >= 15 is 0 Å². The molecule has 0 radical (unpaired) electrons. The predicted molar refractivity (Wildman–Crippen MR) is 73.7 cm³/mol. The van der Waals surface area contributed by atoms with Crippen molar-refractivity contribution in [2.45, 2.75) is 6.54 Å². The van der Waals surface area contributed by atoms with Crippen LogP contribution in [0.3, 0.4) is 0 Å².